The molecule has 0 aliphatic carbocycles. The number of alkyl halides is 3. The molecule has 208 valence electrons. The molecule has 4 rings (SSSR count). The highest BCUT2D eigenvalue weighted by atomic mass is 19.4. The van der Waals surface area contributed by atoms with E-state index in [1.807, 2.05) is 0 Å². The monoisotopic (exact) mass is 542 g/mol. The van der Waals surface area contributed by atoms with Gasteiger partial charge in [0.15, 0.2) is 17.3 Å². The number of carbonyl (C=O) groups excluding carboxylic acids is 1. The maximum atomic E-state index is 13.0. The predicted octanol–water partition coefficient (Wildman–Crippen LogP) is 3.41. The summed E-state index contributed by atoms with van der Waals surface area (Å²) in [5.74, 6) is -0.667. The number of hydrogen-bond donors (Lipinski definition) is 2. The smallest absolute Gasteiger partial charge is 0.434 e. The van der Waals surface area contributed by atoms with E-state index in [1.54, 1.807) is 34.6 Å². The molecule has 4 heterocycles. The van der Waals surface area contributed by atoms with Gasteiger partial charge in [0.05, 0.1) is 25.0 Å². The van der Waals surface area contributed by atoms with Gasteiger partial charge in [-0.3, -0.25) is 10.3 Å². The Labute approximate surface area is 216 Å². The van der Waals surface area contributed by atoms with Gasteiger partial charge in [-0.05, 0) is 40.7 Å². The van der Waals surface area contributed by atoms with Crippen LogP contribution < -0.4 is 15.4 Å². The summed E-state index contributed by atoms with van der Waals surface area (Å²) in [7, 11) is 0. The number of nitrogens with zero attached hydrogens (tertiary/aromatic N) is 4. The van der Waals surface area contributed by atoms with E-state index in [9.17, 15) is 18.0 Å². The fraction of sp³-hybridized carbons (Fsp3) is 0.609. The van der Waals surface area contributed by atoms with Crippen LogP contribution in [0, 0.1) is 0 Å². The second-order valence-electron chi connectivity index (χ2n) is 10.2. The zero-order chi connectivity index (χ0) is 27.7. The first-order valence-electron chi connectivity index (χ1n) is 11.8. The molecule has 2 saturated heterocycles. The topological polar surface area (TPSA) is 139 Å². The molecule has 2 aromatic rings. The summed E-state index contributed by atoms with van der Waals surface area (Å²) in [5, 5.41) is 13.2. The molecular weight excluding hydrogens is 513 g/mol. The molecule has 0 radical (unpaired) electrons. The van der Waals surface area contributed by atoms with E-state index in [4.69, 9.17) is 23.7 Å². The molecule has 0 saturated carbocycles. The summed E-state index contributed by atoms with van der Waals surface area (Å²) in [5.41, 5.74) is -1.77. The maximum absolute atomic E-state index is 13.0. The minimum atomic E-state index is -4.62. The first-order chi connectivity index (χ1) is 17.7. The number of fused-ring (bicyclic) bond motifs is 1. The molecule has 0 unspecified atom stereocenters. The third-order valence-corrected chi connectivity index (χ3v) is 5.34. The molecule has 2 aliphatic rings. The van der Waals surface area contributed by atoms with Gasteiger partial charge in [0.1, 0.15) is 36.3 Å². The number of nitrogens with one attached hydrogen (secondary N) is 2. The zero-order valence-corrected chi connectivity index (χ0v) is 21.4. The highest BCUT2D eigenvalue weighted by Gasteiger charge is 2.52. The second-order valence-corrected chi connectivity index (χ2v) is 10.2. The SMILES string of the molecule is CC(C)(C)OC(=O)Nc1ccc(OC[C@H]2OC[C@H](Nc3cncc(C(F)(F)F)n3)[C@H]3OC(C)(C)O[C@H]32)nn1. The van der Waals surface area contributed by atoms with Crippen molar-refractivity contribution in [2.24, 2.45) is 0 Å². The van der Waals surface area contributed by atoms with Crippen molar-refractivity contribution in [1.29, 1.82) is 0 Å². The Balaban J connectivity index is 1.36. The molecule has 2 aliphatic heterocycles. The molecule has 15 heteroatoms. The Bertz CT molecular complexity index is 1130. The van der Waals surface area contributed by atoms with Crippen LogP contribution in [-0.2, 0) is 25.1 Å². The van der Waals surface area contributed by atoms with Crippen LogP contribution in [0.3, 0.4) is 0 Å². The summed E-state index contributed by atoms with van der Waals surface area (Å²) in [6.45, 7) is 8.79. The summed E-state index contributed by atoms with van der Waals surface area (Å²) < 4.78 is 68.0. The van der Waals surface area contributed by atoms with Crippen LogP contribution in [0.25, 0.3) is 0 Å². The minimum Gasteiger partial charge on any atom is -0.474 e. The molecule has 2 N–H and O–H groups in total. The van der Waals surface area contributed by atoms with Gasteiger partial charge in [0.25, 0.3) is 0 Å². The Morgan fingerprint density at radius 2 is 1.84 bits per heavy atom. The van der Waals surface area contributed by atoms with Crippen LogP contribution in [0.5, 0.6) is 5.88 Å². The van der Waals surface area contributed by atoms with Gasteiger partial charge < -0.3 is 29.0 Å². The molecule has 4 atom stereocenters. The van der Waals surface area contributed by atoms with E-state index in [0.717, 1.165) is 0 Å². The number of hydrogen-bond acceptors (Lipinski definition) is 11. The van der Waals surface area contributed by atoms with Crippen LogP contribution >= 0.6 is 0 Å². The second kappa shape index (κ2) is 10.5. The van der Waals surface area contributed by atoms with Crippen LogP contribution in [0.15, 0.2) is 24.5 Å². The maximum Gasteiger partial charge on any atom is 0.434 e. The Hall–Kier alpha value is -3.30. The summed E-state index contributed by atoms with van der Waals surface area (Å²) >= 11 is 0. The fourth-order valence-electron chi connectivity index (χ4n) is 3.90. The fourth-order valence-corrected chi connectivity index (χ4v) is 3.90. The number of rotatable bonds is 6. The lowest BCUT2D eigenvalue weighted by Crippen LogP contribution is -2.55. The molecule has 2 fully saturated rings. The molecular formula is C23H29F3N6O6. The molecule has 0 aromatic carbocycles. The average Bonchev–Trinajstić information content (AvgIpc) is 3.13. The number of halogens is 3. The standard InChI is InChI=1S/C23H29F3N6O6/c1-21(2,3)38-20(33)30-15-6-7-17(32-31-15)35-11-13-19-18(36-22(4,5)37-19)12(10-34-13)28-16-9-27-8-14(29-16)23(24,25)26/h6-9,12-13,18-19H,10-11H2,1-5H3,(H,28,29)(H,30,31,33)/t12-,13+,18+,19-/m0/s1. The van der Waals surface area contributed by atoms with Crippen molar-refractivity contribution in [3.05, 3.63) is 30.2 Å². The number of amides is 1. The molecule has 2 aromatic heterocycles. The third-order valence-electron chi connectivity index (χ3n) is 5.34. The van der Waals surface area contributed by atoms with Crippen molar-refractivity contribution in [3.8, 4) is 5.88 Å². The average molecular weight is 543 g/mol. The van der Waals surface area contributed by atoms with E-state index in [0.29, 0.717) is 6.20 Å². The first-order valence-corrected chi connectivity index (χ1v) is 11.8. The predicted molar refractivity (Wildman–Crippen MR) is 125 cm³/mol. The Morgan fingerprint density at radius 3 is 2.50 bits per heavy atom. The van der Waals surface area contributed by atoms with Crippen molar-refractivity contribution in [2.45, 2.75) is 76.5 Å². The number of carbonyl (C=O) groups is 1. The van der Waals surface area contributed by atoms with E-state index >= 15 is 0 Å². The van der Waals surface area contributed by atoms with Crippen molar-refractivity contribution in [2.75, 3.05) is 23.8 Å². The quantitative estimate of drug-likeness (QED) is 0.555. The molecule has 0 spiro atoms. The third kappa shape index (κ3) is 7.17. The van der Waals surface area contributed by atoms with E-state index in [1.165, 1.54) is 18.3 Å². The summed E-state index contributed by atoms with van der Waals surface area (Å²) in [4.78, 5) is 19.1. The van der Waals surface area contributed by atoms with E-state index in [-0.39, 0.29) is 30.7 Å². The van der Waals surface area contributed by atoms with Gasteiger partial charge in [-0.2, -0.15) is 13.2 Å². The van der Waals surface area contributed by atoms with Crippen LogP contribution in [0.1, 0.15) is 40.3 Å². The number of ether oxygens (including phenoxy) is 5. The van der Waals surface area contributed by atoms with E-state index in [2.05, 4.69) is 30.8 Å². The van der Waals surface area contributed by atoms with Crippen molar-refractivity contribution in [3.63, 3.8) is 0 Å². The Kier molecular flexibility index (Phi) is 7.63. The lowest BCUT2D eigenvalue weighted by Gasteiger charge is -2.37. The summed E-state index contributed by atoms with van der Waals surface area (Å²) in [6.07, 6.45) is -5.19. The lowest BCUT2D eigenvalue weighted by atomic mass is 9.98. The lowest BCUT2D eigenvalue weighted by molar-refractivity contribution is -0.156. The normalized spacial score (nSPS) is 24.8. The van der Waals surface area contributed by atoms with Gasteiger partial charge in [0, 0.05) is 6.07 Å². The van der Waals surface area contributed by atoms with Gasteiger partial charge in [-0.25, -0.2) is 9.78 Å². The van der Waals surface area contributed by atoms with Crippen molar-refractivity contribution < 1.29 is 41.7 Å². The van der Waals surface area contributed by atoms with Crippen molar-refractivity contribution >= 4 is 17.7 Å². The zero-order valence-electron chi connectivity index (χ0n) is 21.4. The first kappa shape index (κ1) is 27.7. The number of aromatic nitrogens is 4. The molecule has 0 bridgehead atoms. The van der Waals surface area contributed by atoms with Gasteiger partial charge >= 0.3 is 12.3 Å². The van der Waals surface area contributed by atoms with Crippen LogP contribution in [-0.4, -0.2) is 75.2 Å². The van der Waals surface area contributed by atoms with E-state index < -0.39 is 53.7 Å². The van der Waals surface area contributed by atoms with Gasteiger partial charge in [0.2, 0.25) is 5.88 Å². The molecule has 38 heavy (non-hydrogen) atoms. The molecule has 1 amide bonds. The highest BCUT2D eigenvalue weighted by molar-refractivity contribution is 5.83. The largest absolute Gasteiger partial charge is 0.474 e. The van der Waals surface area contributed by atoms with Gasteiger partial charge in [-0.15, -0.1) is 10.2 Å². The van der Waals surface area contributed by atoms with Crippen molar-refractivity contribution in [1.82, 2.24) is 20.2 Å². The van der Waals surface area contributed by atoms with Crippen LogP contribution in [0.2, 0.25) is 0 Å². The minimum absolute atomic E-state index is 0.0320. The van der Waals surface area contributed by atoms with Gasteiger partial charge in [-0.1, -0.05) is 0 Å². The van der Waals surface area contributed by atoms with Crippen LogP contribution in [0.4, 0.5) is 29.6 Å². The highest BCUT2D eigenvalue weighted by Crippen LogP contribution is 2.37. The summed E-state index contributed by atoms with van der Waals surface area (Å²) in [6, 6.07) is 2.46. The number of anilines is 2. The molecule has 12 nitrogen and oxygen atoms in total. The Morgan fingerprint density at radius 1 is 1.11 bits per heavy atom.